The standard InChI is InChI=1S/C10H16N4.C2H6/c1-8-5-11-10(12-6-8)13-9-3-4-14(2)7-9;1-2/h5-6,9H,3-4,7H2,1-2H3,(H,11,12,13);1-2H3. The zero-order valence-corrected chi connectivity index (χ0v) is 10.7. The fourth-order valence-corrected chi connectivity index (χ4v) is 1.70. The number of anilines is 1. The molecule has 0 aliphatic carbocycles. The van der Waals surface area contributed by atoms with E-state index in [-0.39, 0.29) is 0 Å². The second-order valence-corrected chi connectivity index (χ2v) is 3.98. The molecule has 1 aromatic heterocycles. The normalized spacial score (nSPS) is 20.1. The second-order valence-electron chi connectivity index (χ2n) is 3.98. The summed E-state index contributed by atoms with van der Waals surface area (Å²) < 4.78 is 0. The Labute approximate surface area is 98.1 Å². The third kappa shape index (κ3) is 3.77. The van der Waals surface area contributed by atoms with Crippen molar-refractivity contribution in [1.82, 2.24) is 14.9 Å². The molecule has 0 radical (unpaired) electrons. The van der Waals surface area contributed by atoms with Crippen LogP contribution in [0.25, 0.3) is 0 Å². The van der Waals surface area contributed by atoms with Gasteiger partial charge in [-0.1, -0.05) is 13.8 Å². The minimum Gasteiger partial charge on any atom is -0.350 e. The molecule has 4 heteroatoms. The predicted molar refractivity (Wildman–Crippen MR) is 67.6 cm³/mol. The summed E-state index contributed by atoms with van der Waals surface area (Å²) in [7, 11) is 2.14. The van der Waals surface area contributed by atoms with Crippen molar-refractivity contribution >= 4 is 5.95 Å². The number of hydrogen-bond acceptors (Lipinski definition) is 4. The molecule has 1 saturated heterocycles. The molecule has 1 atom stereocenters. The first kappa shape index (κ1) is 12.9. The van der Waals surface area contributed by atoms with Crippen LogP contribution in [0, 0.1) is 6.92 Å². The maximum atomic E-state index is 4.23. The fourth-order valence-electron chi connectivity index (χ4n) is 1.70. The number of aryl methyl sites for hydroxylation is 1. The molecule has 1 unspecified atom stereocenters. The van der Waals surface area contributed by atoms with Crippen molar-refractivity contribution in [2.45, 2.75) is 33.2 Å². The van der Waals surface area contributed by atoms with Gasteiger partial charge in [-0.2, -0.15) is 0 Å². The van der Waals surface area contributed by atoms with E-state index in [1.165, 1.54) is 6.42 Å². The Morgan fingerprint density at radius 2 is 1.94 bits per heavy atom. The van der Waals surface area contributed by atoms with E-state index in [0.717, 1.165) is 24.6 Å². The molecule has 1 N–H and O–H groups in total. The van der Waals surface area contributed by atoms with Crippen molar-refractivity contribution < 1.29 is 0 Å². The van der Waals surface area contributed by atoms with Gasteiger partial charge in [-0.15, -0.1) is 0 Å². The Bertz CT molecular complexity index is 296. The largest absolute Gasteiger partial charge is 0.350 e. The number of aromatic nitrogens is 2. The van der Waals surface area contributed by atoms with E-state index in [1.54, 1.807) is 0 Å². The summed E-state index contributed by atoms with van der Waals surface area (Å²) in [5.74, 6) is 0.746. The number of nitrogens with one attached hydrogen (secondary N) is 1. The summed E-state index contributed by atoms with van der Waals surface area (Å²) in [6, 6.07) is 0.503. The summed E-state index contributed by atoms with van der Waals surface area (Å²) in [5, 5.41) is 3.33. The lowest BCUT2D eigenvalue weighted by Crippen LogP contribution is -2.24. The molecule has 0 saturated carbocycles. The smallest absolute Gasteiger partial charge is 0.222 e. The lowest BCUT2D eigenvalue weighted by atomic mass is 10.3. The summed E-state index contributed by atoms with van der Waals surface area (Å²) in [6.07, 6.45) is 4.86. The highest BCUT2D eigenvalue weighted by atomic mass is 15.2. The minimum absolute atomic E-state index is 0.503. The van der Waals surface area contributed by atoms with Crippen LogP contribution in [0.5, 0.6) is 0 Å². The molecule has 1 fully saturated rings. The topological polar surface area (TPSA) is 41.1 Å². The Kier molecular flexibility index (Phi) is 5.19. The van der Waals surface area contributed by atoms with Gasteiger partial charge in [0.1, 0.15) is 0 Å². The predicted octanol–water partition coefficient (Wildman–Crippen LogP) is 1.93. The van der Waals surface area contributed by atoms with E-state index in [1.807, 2.05) is 33.2 Å². The monoisotopic (exact) mass is 222 g/mol. The molecule has 0 amide bonds. The van der Waals surface area contributed by atoms with Crippen LogP contribution in [0.15, 0.2) is 12.4 Å². The lowest BCUT2D eigenvalue weighted by molar-refractivity contribution is 0.414. The van der Waals surface area contributed by atoms with Crippen LogP contribution in [-0.2, 0) is 0 Å². The number of likely N-dealkylation sites (tertiary alicyclic amines) is 1. The lowest BCUT2D eigenvalue weighted by Gasteiger charge is -2.12. The average Bonchev–Trinajstić information content (AvgIpc) is 2.70. The zero-order chi connectivity index (χ0) is 12.0. The number of nitrogens with zero attached hydrogens (tertiary/aromatic N) is 3. The first-order valence-corrected chi connectivity index (χ1v) is 5.98. The van der Waals surface area contributed by atoms with Crippen LogP contribution in [0.4, 0.5) is 5.95 Å². The van der Waals surface area contributed by atoms with Gasteiger partial charge in [-0.05, 0) is 32.5 Å². The second kappa shape index (κ2) is 6.43. The maximum absolute atomic E-state index is 4.23. The van der Waals surface area contributed by atoms with Gasteiger partial charge >= 0.3 is 0 Å². The highest BCUT2D eigenvalue weighted by Crippen LogP contribution is 2.10. The molecule has 0 bridgehead atoms. The van der Waals surface area contributed by atoms with Crippen LogP contribution in [0.1, 0.15) is 25.8 Å². The summed E-state index contributed by atoms with van der Waals surface area (Å²) in [4.78, 5) is 10.8. The molecular formula is C12H22N4. The third-order valence-corrected chi connectivity index (χ3v) is 2.51. The molecule has 1 aliphatic rings. The van der Waals surface area contributed by atoms with Gasteiger partial charge in [0, 0.05) is 25.0 Å². The van der Waals surface area contributed by atoms with Gasteiger partial charge in [0.05, 0.1) is 0 Å². The first-order chi connectivity index (χ1) is 7.74. The molecule has 2 heterocycles. The van der Waals surface area contributed by atoms with Gasteiger partial charge in [-0.25, -0.2) is 9.97 Å². The van der Waals surface area contributed by atoms with Crippen molar-refractivity contribution in [2.24, 2.45) is 0 Å². The third-order valence-electron chi connectivity index (χ3n) is 2.51. The van der Waals surface area contributed by atoms with E-state index in [2.05, 4.69) is 27.2 Å². The molecule has 90 valence electrons. The molecule has 0 aromatic carbocycles. The summed E-state index contributed by atoms with van der Waals surface area (Å²) >= 11 is 0. The van der Waals surface area contributed by atoms with Crippen molar-refractivity contribution in [3.8, 4) is 0 Å². The molecule has 4 nitrogen and oxygen atoms in total. The van der Waals surface area contributed by atoms with E-state index in [0.29, 0.717) is 6.04 Å². The van der Waals surface area contributed by atoms with E-state index < -0.39 is 0 Å². The van der Waals surface area contributed by atoms with Crippen molar-refractivity contribution in [1.29, 1.82) is 0 Å². The number of hydrogen-bond donors (Lipinski definition) is 1. The van der Waals surface area contributed by atoms with Crippen LogP contribution in [0.3, 0.4) is 0 Å². The Morgan fingerprint density at radius 3 is 2.44 bits per heavy atom. The molecule has 1 aliphatic heterocycles. The zero-order valence-electron chi connectivity index (χ0n) is 10.7. The van der Waals surface area contributed by atoms with Crippen molar-refractivity contribution in [3.05, 3.63) is 18.0 Å². The van der Waals surface area contributed by atoms with Gasteiger partial charge < -0.3 is 10.2 Å². The van der Waals surface area contributed by atoms with Crippen LogP contribution in [0.2, 0.25) is 0 Å². The molecule has 1 aromatic rings. The molecular weight excluding hydrogens is 200 g/mol. The van der Waals surface area contributed by atoms with Crippen LogP contribution in [-0.4, -0.2) is 41.0 Å². The SMILES string of the molecule is CC.Cc1cnc(NC2CCN(C)C2)nc1. The maximum Gasteiger partial charge on any atom is 0.222 e. The van der Waals surface area contributed by atoms with Crippen molar-refractivity contribution in [2.75, 3.05) is 25.5 Å². The summed E-state index contributed by atoms with van der Waals surface area (Å²) in [5.41, 5.74) is 1.10. The molecule has 2 rings (SSSR count). The van der Waals surface area contributed by atoms with Crippen LogP contribution >= 0.6 is 0 Å². The quantitative estimate of drug-likeness (QED) is 0.830. The van der Waals surface area contributed by atoms with Gasteiger partial charge in [0.25, 0.3) is 0 Å². The number of rotatable bonds is 2. The molecule has 16 heavy (non-hydrogen) atoms. The van der Waals surface area contributed by atoms with Crippen molar-refractivity contribution in [3.63, 3.8) is 0 Å². The first-order valence-electron chi connectivity index (χ1n) is 5.98. The molecule has 0 spiro atoms. The summed E-state index contributed by atoms with van der Waals surface area (Å²) in [6.45, 7) is 8.23. The van der Waals surface area contributed by atoms with E-state index in [9.17, 15) is 0 Å². The number of likely N-dealkylation sites (N-methyl/N-ethyl adjacent to an activating group) is 1. The van der Waals surface area contributed by atoms with Gasteiger partial charge in [0.2, 0.25) is 5.95 Å². The minimum atomic E-state index is 0.503. The van der Waals surface area contributed by atoms with Gasteiger partial charge in [0.15, 0.2) is 0 Å². The average molecular weight is 222 g/mol. The Balaban J connectivity index is 0.000000606. The highest BCUT2D eigenvalue weighted by molar-refractivity contribution is 5.26. The Morgan fingerprint density at radius 1 is 1.31 bits per heavy atom. The van der Waals surface area contributed by atoms with E-state index in [4.69, 9.17) is 0 Å². The van der Waals surface area contributed by atoms with E-state index >= 15 is 0 Å². The highest BCUT2D eigenvalue weighted by Gasteiger charge is 2.19. The van der Waals surface area contributed by atoms with Gasteiger partial charge in [-0.3, -0.25) is 0 Å². The van der Waals surface area contributed by atoms with Crippen LogP contribution < -0.4 is 5.32 Å². The Hall–Kier alpha value is -1.16. The fraction of sp³-hybridized carbons (Fsp3) is 0.667.